The van der Waals surface area contributed by atoms with Gasteiger partial charge in [-0.25, -0.2) is 18.0 Å². The van der Waals surface area contributed by atoms with Crippen LogP contribution >= 0.6 is 0 Å². The summed E-state index contributed by atoms with van der Waals surface area (Å²) >= 11 is 0. The van der Waals surface area contributed by atoms with Gasteiger partial charge in [0.15, 0.2) is 9.84 Å². The van der Waals surface area contributed by atoms with Gasteiger partial charge in [-0.3, -0.25) is 0 Å². The third kappa shape index (κ3) is 4.25. The monoisotopic (exact) mass is 274 g/mol. The zero-order valence-corrected chi connectivity index (χ0v) is 10.4. The van der Waals surface area contributed by atoms with E-state index in [4.69, 9.17) is 11.5 Å². The largest absolute Gasteiger partial charge is 0.480 e. The number of hydrogen-bond acceptors (Lipinski definition) is 4. The molecule has 1 heterocycles. The number of amides is 2. The summed E-state index contributed by atoms with van der Waals surface area (Å²) in [7, 11) is -3.09. The fraction of sp³-hybridized carbons (Fsp3) is 0.600. The first-order chi connectivity index (χ1) is 8.34. The Balaban J connectivity index is 2.47. The number of aliphatic carboxylic acids is 1. The molecule has 100 valence electrons. The summed E-state index contributed by atoms with van der Waals surface area (Å²) < 4.78 is 22.3. The Morgan fingerprint density at radius 2 is 2.17 bits per heavy atom. The Bertz CT molecular complexity index is 479. The van der Waals surface area contributed by atoms with Crippen molar-refractivity contribution in [2.24, 2.45) is 0 Å². The molecule has 0 aliphatic carbocycles. The fourth-order valence-electron chi connectivity index (χ4n) is 1.61. The van der Waals surface area contributed by atoms with E-state index in [0.717, 1.165) is 0 Å². The number of urea groups is 1. The van der Waals surface area contributed by atoms with Crippen LogP contribution in [0.3, 0.4) is 0 Å². The van der Waals surface area contributed by atoms with Crippen molar-refractivity contribution in [1.29, 1.82) is 0 Å². The van der Waals surface area contributed by atoms with E-state index in [0.29, 0.717) is 6.42 Å². The second-order valence-corrected chi connectivity index (χ2v) is 6.25. The third-order valence-corrected chi connectivity index (χ3v) is 4.26. The van der Waals surface area contributed by atoms with Crippen molar-refractivity contribution in [3.05, 3.63) is 0 Å². The maximum Gasteiger partial charge on any atom is 0.327 e. The lowest BCUT2D eigenvalue weighted by Crippen LogP contribution is -2.49. The number of carboxylic acids is 1. The number of terminal acetylenes is 1. The Labute approximate surface area is 105 Å². The molecule has 7 nitrogen and oxygen atoms in total. The van der Waals surface area contributed by atoms with Crippen molar-refractivity contribution in [2.75, 3.05) is 11.5 Å². The predicted octanol–water partition coefficient (Wildman–Crippen LogP) is -1.05. The van der Waals surface area contributed by atoms with Gasteiger partial charge in [-0.1, -0.05) is 0 Å². The van der Waals surface area contributed by atoms with Crippen LogP contribution < -0.4 is 10.6 Å². The van der Waals surface area contributed by atoms with Crippen molar-refractivity contribution >= 4 is 21.8 Å². The summed E-state index contributed by atoms with van der Waals surface area (Å²) in [5.41, 5.74) is 0. The third-order valence-electron chi connectivity index (χ3n) is 2.49. The average Bonchev–Trinajstić information content (AvgIpc) is 2.57. The van der Waals surface area contributed by atoms with Crippen molar-refractivity contribution in [3.8, 4) is 12.3 Å². The van der Waals surface area contributed by atoms with Gasteiger partial charge >= 0.3 is 12.0 Å². The van der Waals surface area contributed by atoms with Gasteiger partial charge in [0.25, 0.3) is 0 Å². The van der Waals surface area contributed by atoms with E-state index in [1.54, 1.807) is 0 Å². The first-order valence-electron chi connectivity index (χ1n) is 5.28. The summed E-state index contributed by atoms with van der Waals surface area (Å²) in [6.45, 7) is 0. The molecule has 1 saturated heterocycles. The molecule has 8 heteroatoms. The van der Waals surface area contributed by atoms with Crippen LogP contribution in [0.15, 0.2) is 0 Å². The van der Waals surface area contributed by atoms with Crippen LogP contribution in [-0.4, -0.2) is 49.1 Å². The molecule has 0 bridgehead atoms. The first-order valence-corrected chi connectivity index (χ1v) is 7.10. The van der Waals surface area contributed by atoms with Crippen LogP contribution in [-0.2, 0) is 14.6 Å². The number of carbonyl (C=O) groups excluding carboxylic acids is 1. The van der Waals surface area contributed by atoms with Crippen LogP contribution in [0.5, 0.6) is 0 Å². The van der Waals surface area contributed by atoms with Gasteiger partial charge in [-0.15, -0.1) is 12.3 Å². The van der Waals surface area contributed by atoms with Crippen LogP contribution in [0, 0.1) is 12.3 Å². The van der Waals surface area contributed by atoms with Crippen LogP contribution in [0.4, 0.5) is 4.79 Å². The molecule has 0 radical (unpaired) electrons. The van der Waals surface area contributed by atoms with E-state index in [1.807, 2.05) is 0 Å². The van der Waals surface area contributed by atoms with Gasteiger partial charge < -0.3 is 15.7 Å². The molecule has 2 atom stereocenters. The van der Waals surface area contributed by atoms with Gasteiger partial charge in [0, 0.05) is 12.5 Å². The second kappa shape index (κ2) is 5.73. The molecule has 1 aliphatic rings. The highest BCUT2D eigenvalue weighted by atomic mass is 32.2. The van der Waals surface area contributed by atoms with E-state index in [2.05, 4.69) is 16.6 Å². The number of sulfone groups is 1. The van der Waals surface area contributed by atoms with E-state index in [9.17, 15) is 18.0 Å². The highest BCUT2D eigenvalue weighted by molar-refractivity contribution is 7.91. The molecule has 18 heavy (non-hydrogen) atoms. The number of hydrogen-bond donors (Lipinski definition) is 3. The Hall–Kier alpha value is -1.75. The topological polar surface area (TPSA) is 113 Å². The molecule has 2 unspecified atom stereocenters. The number of carboxylic acid groups (broad SMARTS) is 1. The fourth-order valence-corrected chi connectivity index (χ4v) is 3.29. The quantitative estimate of drug-likeness (QED) is 0.566. The minimum absolute atomic E-state index is 0.0324. The van der Waals surface area contributed by atoms with E-state index in [-0.39, 0.29) is 17.9 Å². The van der Waals surface area contributed by atoms with Gasteiger partial charge in [-0.2, -0.15) is 0 Å². The molecule has 0 aromatic rings. The Morgan fingerprint density at radius 1 is 1.50 bits per heavy atom. The van der Waals surface area contributed by atoms with Crippen LogP contribution in [0.1, 0.15) is 12.8 Å². The second-order valence-electron chi connectivity index (χ2n) is 4.02. The minimum atomic E-state index is -3.09. The standard InChI is InChI=1S/C10H14N2O5S/c1-2-3-8(9(13)14)12-10(15)11-7-4-5-18(16,17)6-7/h1,7-8H,3-6H2,(H,13,14)(H2,11,12,15). The van der Waals surface area contributed by atoms with Gasteiger partial charge in [-0.05, 0) is 6.42 Å². The molecule has 0 saturated carbocycles. The highest BCUT2D eigenvalue weighted by Crippen LogP contribution is 2.10. The van der Waals surface area contributed by atoms with E-state index in [1.165, 1.54) is 0 Å². The maximum atomic E-state index is 11.5. The first kappa shape index (κ1) is 14.3. The zero-order chi connectivity index (χ0) is 13.8. The summed E-state index contributed by atoms with van der Waals surface area (Å²) in [4.78, 5) is 22.2. The van der Waals surface area contributed by atoms with Crippen LogP contribution in [0.2, 0.25) is 0 Å². The highest BCUT2D eigenvalue weighted by Gasteiger charge is 2.29. The van der Waals surface area contributed by atoms with E-state index < -0.39 is 33.9 Å². The predicted molar refractivity (Wildman–Crippen MR) is 63.6 cm³/mol. The van der Waals surface area contributed by atoms with Crippen molar-refractivity contribution < 1.29 is 23.1 Å². The lowest BCUT2D eigenvalue weighted by Gasteiger charge is -2.15. The molecule has 1 rings (SSSR count). The van der Waals surface area contributed by atoms with Crippen molar-refractivity contribution in [1.82, 2.24) is 10.6 Å². The SMILES string of the molecule is C#CCC(NC(=O)NC1CCS(=O)(=O)C1)C(=O)O. The number of carbonyl (C=O) groups is 2. The molecule has 3 N–H and O–H groups in total. The molecule has 1 fully saturated rings. The lowest BCUT2D eigenvalue weighted by molar-refractivity contribution is -0.139. The van der Waals surface area contributed by atoms with Crippen molar-refractivity contribution in [2.45, 2.75) is 24.9 Å². The molecule has 2 amide bonds. The van der Waals surface area contributed by atoms with Gasteiger partial charge in [0.2, 0.25) is 0 Å². The lowest BCUT2D eigenvalue weighted by atomic mass is 10.2. The Kier molecular flexibility index (Phi) is 4.55. The molecular weight excluding hydrogens is 260 g/mol. The Morgan fingerprint density at radius 3 is 2.61 bits per heavy atom. The summed E-state index contributed by atoms with van der Waals surface area (Å²) in [5.74, 6) is 0.823. The van der Waals surface area contributed by atoms with Crippen molar-refractivity contribution in [3.63, 3.8) is 0 Å². The van der Waals surface area contributed by atoms with Crippen LogP contribution in [0.25, 0.3) is 0 Å². The summed E-state index contributed by atoms with van der Waals surface area (Å²) in [6.07, 6.45) is 5.18. The number of nitrogens with one attached hydrogen (secondary N) is 2. The average molecular weight is 274 g/mol. The van der Waals surface area contributed by atoms with E-state index >= 15 is 0 Å². The smallest absolute Gasteiger partial charge is 0.327 e. The summed E-state index contributed by atoms with van der Waals surface area (Å²) in [5, 5.41) is 13.4. The molecule has 0 aromatic heterocycles. The molecule has 1 aliphatic heterocycles. The van der Waals surface area contributed by atoms with Gasteiger partial charge in [0.05, 0.1) is 11.5 Å². The number of rotatable bonds is 4. The molecular formula is C10H14N2O5S. The molecule has 0 aromatic carbocycles. The zero-order valence-electron chi connectivity index (χ0n) is 9.55. The minimum Gasteiger partial charge on any atom is -0.480 e. The van der Waals surface area contributed by atoms with Gasteiger partial charge in [0.1, 0.15) is 6.04 Å². The molecule has 0 spiro atoms. The normalized spacial score (nSPS) is 22.7. The maximum absolute atomic E-state index is 11.5. The summed E-state index contributed by atoms with van der Waals surface area (Å²) in [6, 6.07) is -2.37.